The number of unbranched alkanes of at least 4 members (excludes halogenated alkanes) is 2. The Balaban J connectivity index is 2.52. The minimum absolute atomic E-state index is 0.470. The van der Waals surface area contributed by atoms with Crippen LogP contribution in [0.4, 0.5) is 0 Å². The maximum absolute atomic E-state index is 5.90. The molecule has 2 N–H and O–H groups in total. The van der Waals surface area contributed by atoms with Gasteiger partial charge in [-0.25, -0.2) is 0 Å². The van der Waals surface area contributed by atoms with E-state index in [4.69, 9.17) is 10.5 Å². The van der Waals surface area contributed by atoms with Gasteiger partial charge in [0.2, 0.25) is 0 Å². The van der Waals surface area contributed by atoms with Gasteiger partial charge in [0.25, 0.3) is 0 Å². The quantitative estimate of drug-likeness (QED) is 0.697. The monoisotopic (exact) mass is 264 g/mol. The van der Waals surface area contributed by atoms with Crippen molar-refractivity contribution in [2.75, 3.05) is 20.7 Å². The first kappa shape index (κ1) is 16.0. The number of hydrogen-bond acceptors (Lipinski definition) is 3. The van der Waals surface area contributed by atoms with Crippen molar-refractivity contribution < 1.29 is 4.74 Å². The van der Waals surface area contributed by atoms with Crippen molar-refractivity contribution in [3.63, 3.8) is 0 Å². The molecule has 0 spiro atoms. The van der Waals surface area contributed by atoms with E-state index in [1.165, 1.54) is 31.2 Å². The van der Waals surface area contributed by atoms with E-state index in [-0.39, 0.29) is 0 Å². The number of ether oxygens (including phenoxy) is 1. The standard InChI is InChI=1S/C16H28N2O/c1-4-5-6-9-15(12-17)18(2)13-14-8-7-10-16(11-14)19-3/h7-8,10-11,15H,4-6,9,12-13,17H2,1-3H3. The van der Waals surface area contributed by atoms with Crippen LogP contribution in [0.25, 0.3) is 0 Å². The van der Waals surface area contributed by atoms with Crippen molar-refractivity contribution in [2.24, 2.45) is 5.73 Å². The van der Waals surface area contributed by atoms with E-state index in [1.807, 2.05) is 12.1 Å². The van der Waals surface area contributed by atoms with Gasteiger partial charge in [-0.1, -0.05) is 38.3 Å². The van der Waals surface area contributed by atoms with Crippen LogP contribution in [0.3, 0.4) is 0 Å². The lowest BCUT2D eigenvalue weighted by molar-refractivity contribution is 0.222. The Kier molecular flexibility index (Phi) is 7.53. The van der Waals surface area contributed by atoms with Crippen molar-refractivity contribution in [3.8, 4) is 5.75 Å². The summed E-state index contributed by atoms with van der Waals surface area (Å²) in [5, 5.41) is 0. The van der Waals surface area contributed by atoms with Gasteiger partial charge in [0.15, 0.2) is 0 Å². The van der Waals surface area contributed by atoms with E-state index in [9.17, 15) is 0 Å². The Morgan fingerprint density at radius 2 is 2.11 bits per heavy atom. The largest absolute Gasteiger partial charge is 0.497 e. The fraction of sp³-hybridized carbons (Fsp3) is 0.625. The van der Waals surface area contributed by atoms with Gasteiger partial charge in [-0.05, 0) is 31.2 Å². The maximum atomic E-state index is 5.90. The van der Waals surface area contributed by atoms with E-state index in [2.05, 4.69) is 31.0 Å². The molecule has 1 aromatic rings. The van der Waals surface area contributed by atoms with Gasteiger partial charge in [-0.3, -0.25) is 4.90 Å². The van der Waals surface area contributed by atoms with Crippen molar-refractivity contribution >= 4 is 0 Å². The summed E-state index contributed by atoms with van der Waals surface area (Å²) in [6.45, 7) is 3.88. The van der Waals surface area contributed by atoms with Gasteiger partial charge in [-0.2, -0.15) is 0 Å². The number of likely N-dealkylation sites (N-methyl/N-ethyl adjacent to an activating group) is 1. The zero-order valence-electron chi connectivity index (χ0n) is 12.6. The van der Waals surface area contributed by atoms with Crippen molar-refractivity contribution in [1.29, 1.82) is 0 Å². The first-order valence-corrected chi connectivity index (χ1v) is 7.24. The molecular weight excluding hydrogens is 236 g/mol. The second-order valence-electron chi connectivity index (χ2n) is 5.15. The predicted octanol–water partition coefficient (Wildman–Crippen LogP) is 3.03. The lowest BCUT2D eigenvalue weighted by Crippen LogP contribution is -2.37. The number of hydrogen-bond donors (Lipinski definition) is 1. The van der Waals surface area contributed by atoms with Crippen LogP contribution in [0.1, 0.15) is 38.2 Å². The van der Waals surface area contributed by atoms with Crippen LogP contribution in [0.2, 0.25) is 0 Å². The molecule has 19 heavy (non-hydrogen) atoms. The molecular formula is C16H28N2O. The summed E-state index contributed by atoms with van der Waals surface area (Å²) in [4.78, 5) is 2.35. The van der Waals surface area contributed by atoms with Crippen LogP contribution in [0.15, 0.2) is 24.3 Å². The number of methoxy groups -OCH3 is 1. The summed E-state index contributed by atoms with van der Waals surface area (Å²) in [7, 11) is 3.86. The first-order valence-electron chi connectivity index (χ1n) is 7.24. The fourth-order valence-corrected chi connectivity index (χ4v) is 2.34. The molecule has 0 aromatic heterocycles. The van der Waals surface area contributed by atoms with E-state index < -0.39 is 0 Å². The summed E-state index contributed by atoms with van der Waals surface area (Å²) >= 11 is 0. The number of nitrogens with zero attached hydrogens (tertiary/aromatic N) is 1. The molecule has 0 aliphatic heterocycles. The zero-order chi connectivity index (χ0) is 14.1. The Morgan fingerprint density at radius 1 is 1.32 bits per heavy atom. The molecule has 0 amide bonds. The van der Waals surface area contributed by atoms with Crippen molar-refractivity contribution in [3.05, 3.63) is 29.8 Å². The highest BCUT2D eigenvalue weighted by atomic mass is 16.5. The molecule has 1 atom stereocenters. The Labute approximate surface area is 117 Å². The molecule has 1 aromatic carbocycles. The lowest BCUT2D eigenvalue weighted by Gasteiger charge is -2.27. The Bertz CT molecular complexity index is 354. The smallest absolute Gasteiger partial charge is 0.119 e. The highest BCUT2D eigenvalue weighted by Gasteiger charge is 2.13. The number of rotatable bonds is 9. The van der Waals surface area contributed by atoms with E-state index >= 15 is 0 Å². The van der Waals surface area contributed by atoms with Crippen LogP contribution in [0.5, 0.6) is 5.75 Å². The van der Waals surface area contributed by atoms with Crippen LogP contribution >= 0.6 is 0 Å². The first-order chi connectivity index (χ1) is 9.21. The van der Waals surface area contributed by atoms with Crippen LogP contribution in [-0.2, 0) is 6.54 Å². The molecule has 0 aliphatic carbocycles. The highest BCUT2D eigenvalue weighted by Crippen LogP contribution is 2.16. The lowest BCUT2D eigenvalue weighted by atomic mass is 10.1. The highest BCUT2D eigenvalue weighted by molar-refractivity contribution is 5.28. The van der Waals surface area contributed by atoms with E-state index in [1.54, 1.807) is 7.11 Å². The minimum atomic E-state index is 0.470. The number of nitrogens with two attached hydrogens (primary N) is 1. The van der Waals surface area contributed by atoms with Gasteiger partial charge in [0.1, 0.15) is 5.75 Å². The molecule has 1 unspecified atom stereocenters. The third-order valence-electron chi connectivity index (χ3n) is 3.60. The summed E-state index contributed by atoms with van der Waals surface area (Å²) in [6, 6.07) is 8.72. The molecule has 0 radical (unpaired) electrons. The summed E-state index contributed by atoms with van der Waals surface area (Å²) in [6.07, 6.45) is 5.01. The fourth-order valence-electron chi connectivity index (χ4n) is 2.34. The van der Waals surface area contributed by atoms with Crippen LogP contribution in [-0.4, -0.2) is 31.6 Å². The zero-order valence-corrected chi connectivity index (χ0v) is 12.6. The molecule has 0 saturated heterocycles. The van der Waals surface area contributed by atoms with E-state index in [0.29, 0.717) is 6.04 Å². The second-order valence-corrected chi connectivity index (χ2v) is 5.15. The average Bonchev–Trinajstić information content (AvgIpc) is 2.43. The normalized spacial score (nSPS) is 12.7. The molecule has 3 heteroatoms. The molecule has 0 saturated carbocycles. The summed E-state index contributed by atoms with van der Waals surface area (Å²) in [5.41, 5.74) is 7.17. The Morgan fingerprint density at radius 3 is 2.74 bits per heavy atom. The van der Waals surface area contributed by atoms with Crippen LogP contribution < -0.4 is 10.5 Å². The minimum Gasteiger partial charge on any atom is -0.497 e. The molecule has 0 fully saturated rings. The van der Waals surface area contributed by atoms with Gasteiger partial charge in [0.05, 0.1) is 7.11 Å². The summed E-state index contributed by atoms with van der Waals surface area (Å²) in [5.74, 6) is 0.918. The third-order valence-corrected chi connectivity index (χ3v) is 3.60. The topological polar surface area (TPSA) is 38.5 Å². The third kappa shape index (κ3) is 5.62. The van der Waals surface area contributed by atoms with Gasteiger partial charge in [0, 0.05) is 19.1 Å². The second kappa shape index (κ2) is 8.94. The SMILES string of the molecule is CCCCCC(CN)N(C)Cc1cccc(OC)c1. The summed E-state index contributed by atoms with van der Waals surface area (Å²) < 4.78 is 5.26. The van der Waals surface area contributed by atoms with Crippen molar-refractivity contribution in [2.45, 2.75) is 45.2 Å². The van der Waals surface area contributed by atoms with Gasteiger partial charge in [-0.15, -0.1) is 0 Å². The molecule has 0 heterocycles. The molecule has 0 aliphatic rings. The number of benzene rings is 1. The molecule has 0 bridgehead atoms. The Hall–Kier alpha value is -1.06. The predicted molar refractivity (Wildman–Crippen MR) is 81.4 cm³/mol. The maximum Gasteiger partial charge on any atom is 0.119 e. The van der Waals surface area contributed by atoms with Crippen LogP contribution in [0, 0.1) is 0 Å². The van der Waals surface area contributed by atoms with Crippen molar-refractivity contribution in [1.82, 2.24) is 4.90 Å². The molecule has 3 nitrogen and oxygen atoms in total. The molecule has 108 valence electrons. The van der Waals surface area contributed by atoms with Gasteiger partial charge < -0.3 is 10.5 Å². The van der Waals surface area contributed by atoms with Gasteiger partial charge >= 0.3 is 0 Å². The van der Waals surface area contributed by atoms with E-state index in [0.717, 1.165) is 18.8 Å². The molecule has 1 rings (SSSR count). The average molecular weight is 264 g/mol.